The molecule has 0 N–H and O–H groups in total. The predicted octanol–water partition coefficient (Wildman–Crippen LogP) is 9.83. The monoisotopic (exact) mass is 533 g/mol. The molecule has 0 bridgehead atoms. The third kappa shape index (κ3) is 51.9. The normalized spacial score (nSPS) is 8.79. The molecule has 4 aromatic rings. The Balaban J connectivity index is -0.000000397. The molecular weight excluding hydrogens is 478 g/mol. The van der Waals surface area contributed by atoms with Crippen LogP contribution >= 0.6 is 0 Å². The van der Waals surface area contributed by atoms with E-state index in [1.807, 2.05) is 24.3 Å². The van der Waals surface area contributed by atoms with Crippen LogP contribution < -0.4 is 0 Å². The van der Waals surface area contributed by atoms with Gasteiger partial charge in [0.15, 0.2) is 0 Å². The van der Waals surface area contributed by atoms with Gasteiger partial charge in [-0.2, -0.15) is 0 Å². The number of hydrogen-bond acceptors (Lipinski definition) is 5. The molecule has 0 aliphatic carbocycles. The van der Waals surface area contributed by atoms with Crippen LogP contribution in [0.1, 0.15) is 87.6 Å². The molecule has 0 fully saturated rings. The summed E-state index contributed by atoms with van der Waals surface area (Å²) in [6, 6.07) is 18.0. The minimum absolute atomic E-state index is 0.659. The summed E-state index contributed by atoms with van der Waals surface area (Å²) in [5, 5.41) is 0. The highest BCUT2D eigenvalue weighted by atomic mass is 14.8. The SMILES string of the molecule is CC(C)C.CC(C)C.CC(C)C.CC(C)c1ccccc1.c1ccncc1.c1cnccn1.c1cncnc1. The van der Waals surface area contributed by atoms with E-state index in [1.165, 1.54) is 11.9 Å². The first-order valence-electron chi connectivity index (χ1n) is 13.8. The van der Waals surface area contributed by atoms with Crippen LogP contribution in [-0.2, 0) is 0 Å². The summed E-state index contributed by atoms with van der Waals surface area (Å²) in [7, 11) is 0. The molecule has 0 atom stereocenters. The van der Waals surface area contributed by atoms with Crippen molar-refractivity contribution in [2.45, 2.75) is 82.1 Å². The zero-order valence-electron chi connectivity index (χ0n) is 26.4. The average molecular weight is 534 g/mol. The fourth-order valence-electron chi connectivity index (χ4n) is 1.66. The van der Waals surface area contributed by atoms with Crippen molar-refractivity contribution >= 4 is 0 Å². The fourth-order valence-corrected chi connectivity index (χ4v) is 1.66. The Kier molecular flexibility index (Phi) is 33.4. The molecule has 0 unspecified atom stereocenters. The van der Waals surface area contributed by atoms with Gasteiger partial charge in [-0.15, -0.1) is 0 Å². The van der Waals surface area contributed by atoms with Gasteiger partial charge in [-0.25, -0.2) is 9.97 Å². The molecule has 0 amide bonds. The first kappa shape index (κ1) is 40.0. The molecule has 39 heavy (non-hydrogen) atoms. The highest BCUT2D eigenvalue weighted by molar-refractivity contribution is 5.17. The van der Waals surface area contributed by atoms with Crippen LogP contribution in [0.5, 0.6) is 0 Å². The van der Waals surface area contributed by atoms with Crippen molar-refractivity contribution in [2.24, 2.45) is 17.8 Å². The Hall–Kier alpha value is -3.47. The lowest BCUT2D eigenvalue weighted by Gasteiger charge is -2.01. The minimum atomic E-state index is 0.659. The van der Waals surface area contributed by atoms with Gasteiger partial charge in [0, 0.05) is 49.6 Å². The van der Waals surface area contributed by atoms with Crippen molar-refractivity contribution in [3.05, 3.63) is 116 Å². The smallest absolute Gasteiger partial charge is 0.115 e. The molecule has 0 aliphatic heterocycles. The molecule has 3 aromatic heterocycles. The quantitative estimate of drug-likeness (QED) is 0.243. The largest absolute Gasteiger partial charge is 0.265 e. The lowest BCUT2D eigenvalue weighted by molar-refractivity contribution is 0.736. The van der Waals surface area contributed by atoms with Gasteiger partial charge >= 0.3 is 0 Å². The van der Waals surface area contributed by atoms with Crippen LogP contribution in [0.25, 0.3) is 0 Å². The van der Waals surface area contributed by atoms with Gasteiger partial charge in [0.1, 0.15) is 6.33 Å². The molecule has 216 valence electrons. The Bertz CT molecular complexity index is 708. The van der Waals surface area contributed by atoms with Gasteiger partial charge < -0.3 is 0 Å². The van der Waals surface area contributed by atoms with E-state index in [-0.39, 0.29) is 0 Å². The number of aromatic nitrogens is 5. The molecule has 3 heterocycles. The molecule has 0 spiro atoms. The number of hydrogen-bond donors (Lipinski definition) is 0. The van der Waals surface area contributed by atoms with E-state index in [1.54, 1.807) is 55.6 Å². The van der Waals surface area contributed by atoms with E-state index >= 15 is 0 Å². The lowest BCUT2D eigenvalue weighted by atomic mass is 10.0. The highest BCUT2D eigenvalue weighted by Crippen LogP contribution is 2.11. The summed E-state index contributed by atoms with van der Waals surface area (Å²) in [4.78, 5) is 18.6. The Labute approximate surface area is 240 Å². The van der Waals surface area contributed by atoms with Crippen molar-refractivity contribution < 1.29 is 0 Å². The average Bonchev–Trinajstić information content (AvgIpc) is 2.92. The number of nitrogens with zero attached hydrogens (tertiary/aromatic N) is 5. The lowest BCUT2D eigenvalue weighted by Crippen LogP contribution is -1.83. The second kappa shape index (κ2) is 32.6. The summed E-state index contributed by atoms with van der Waals surface area (Å²) in [6.07, 6.45) is 14.9. The van der Waals surface area contributed by atoms with E-state index in [9.17, 15) is 0 Å². The van der Waals surface area contributed by atoms with Crippen molar-refractivity contribution in [3.8, 4) is 0 Å². The van der Waals surface area contributed by atoms with Crippen LogP contribution in [-0.4, -0.2) is 24.9 Å². The molecule has 4 rings (SSSR count). The Morgan fingerprint density at radius 2 is 0.667 bits per heavy atom. The molecule has 0 radical (unpaired) electrons. The topological polar surface area (TPSA) is 64.5 Å². The maximum Gasteiger partial charge on any atom is 0.115 e. The summed E-state index contributed by atoms with van der Waals surface area (Å²) < 4.78 is 0. The van der Waals surface area contributed by atoms with E-state index < -0.39 is 0 Å². The zero-order valence-corrected chi connectivity index (χ0v) is 26.4. The maximum atomic E-state index is 3.78. The standard InChI is InChI=1S/C9H12.C5H5N.2C4H4N2.3C4H10/c1-8(2)9-6-4-3-5-7-9;1-2-4-6-5-3-1;1-2-6-4-3-5-1;1-2-5-4-6-3-1;3*1-4(2)3/h3-8H,1-2H3;1-5H;2*1-4H;3*4H,1-3H3. The highest BCUT2D eigenvalue weighted by Gasteiger charge is 1.93. The molecule has 0 saturated carbocycles. The minimum Gasteiger partial charge on any atom is -0.265 e. The number of rotatable bonds is 1. The van der Waals surface area contributed by atoms with E-state index in [0.29, 0.717) is 5.92 Å². The number of benzene rings is 1. The zero-order chi connectivity index (χ0) is 30.2. The third-order valence-corrected chi connectivity index (χ3v) is 2.99. The molecule has 0 aliphatic rings. The Morgan fingerprint density at radius 3 is 0.821 bits per heavy atom. The van der Waals surface area contributed by atoms with Crippen LogP contribution in [0.4, 0.5) is 0 Å². The first-order chi connectivity index (χ1) is 18.5. The molecule has 5 nitrogen and oxygen atoms in total. The van der Waals surface area contributed by atoms with Crippen molar-refractivity contribution in [2.75, 3.05) is 0 Å². The van der Waals surface area contributed by atoms with E-state index in [0.717, 1.165) is 17.8 Å². The second-order valence-corrected chi connectivity index (χ2v) is 10.6. The Morgan fingerprint density at radius 1 is 0.359 bits per heavy atom. The van der Waals surface area contributed by atoms with Crippen LogP contribution in [0, 0.1) is 17.8 Å². The summed E-state index contributed by atoms with van der Waals surface area (Å²) >= 11 is 0. The van der Waals surface area contributed by atoms with E-state index in [2.05, 4.69) is 125 Å². The fraction of sp³-hybridized carbons (Fsp3) is 0.441. The van der Waals surface area contributed by atoms with E-state index in [4.69, 9.17) is 0 Å². The van der Waals surface area contributed by atoms with Crippen molar-refractivity contribution in [1.82, 2.24) is 24.9 Å². The van der Waals surface area contributed by atoms with Crippen LogP contribution in [0.3, 0.4) is 0 Å². The van der Waals surface area contributed by atoms with Crippen molar-refractivity contribution in [1.29, 1.82) is 0 Å². The van der Waals surface area contributed by atoms with Crippen LogP contribution in [0.2, 0.25) is 0 Å². The van der Waals surface area contributed by atoms with Gasteiger partial charge in [-0.1, -0.05) is 113 Å². The number of pyridine rings is 1. The van der Waals surface area contributed by atoms with Crippen LogP contribution in [0.15, 0.2) is 110 Å². The molecule has 0 saturated heterocycles. The van der Waals surface area contributed by atoms with Gasteiger partial charge in [0.2, 0.25) is 0 Å². The first-order valence-corrected chi connectivity index (χ1v) is 13.8. The molecular formula is C34H55N5. The van der Waals surface area contributed by atoms with Gasteiger partial charge in [-0.05, 0) is 47.4 Å². The summed E-state index contributed by atoms with van der Waals surface area (Å²) in [5.74, 6) is 3.16. The second-order valence-electron chi connectivity index (χ2n) is 10.6. The predicted molar refractivity (Wildman–Crippen MR) is 170 cm³/mol. The van der Waals surface area contributed by atoms with Crippen molar-refractivity contribution in [3.63, 3.8) is 0 Å². The van der Waals surface area contributed by atoms with Gasteiger partial charge in [-0.3, -0.25) is 15.0 Å². The summed E-state index contributed by atoms with van der Waals surface area (Å²) in [6.45, 7) is 23.9. The third-order valence-electron chi connectivity index (χ3n) is 2.99. The van der Waals surface area contributed by atoms with Gasteiger partial charge in [0.05, 0.1) is 0 Å². The summed E-state index contributed by atoms with van der Waals surface area (Å²) in [5.41, 5.74) is 1.41. The van der Waals surface area contributed by atoms with Gasteiger partial charge in [0.25, 0.3) is 0 Å². The molecule has 5 heteroatoms. The molecule has 1 aromatic carbocycles. The maximum absolute atomic E-state index is 3.78.